The Morgan fingerprint density at radius 1 is 0.912 bits per heavy atom. The van der Waals surface area contributed by atoms with Gasteiger partial charge in [0, 0.05) is 30.1 Å². The van der Waals surface area contributed by atoms with Crippen LogP contribution in [0, 0.1) is 25.5 Å². The van der Waals surface area contributed by atoms with Gasteiger partial charge in [0.1, 0.15) is 34.8 Å². The molecule has 0 bridgehead atoms. The summed E-state index contributed by atoms with van der Waals surface area (Å²) in [6, 6.07) is 3.45. The van der Waals surface area contributed by atoms with Crippen molar-refractivity contribution in [3.05, 3.63) is 58.7 Å². The number of hydrogen-bond donors (Lipinski definition) is 1. The van der Waals surface area contributed by atoms with Gasteiger partial charge in [0.15, 0.2) is 17.3 Å². The van der Waals surface area contributed by atoms with Gasteiger partial charge in [0.05, 0.1) is 11.4 Å². The number of benzene rings is 1. The Hall–Kier alpha value is -3.40. The van der Waals surface area contributed by atoms with Crippen LogP contribution < -0.4 is 0 Å². The van der Waals surface area contributed by atoms with Crippen LogP contribution >= 0.6 is 0 Å². The molecule has 1 N–H and O–H groups in total. The van der Waals surface area contributed by atoms with Crippen LogP contribution in [0.25, 0.3) is 22.4 Å². The van der Waals surface area contributed by atoms with Crippen molar-refractivity contribution in [2.75, 3.05) is 6.61 Å². The maximum absolute atomic E-state index is 14.8. The number of fused-ring (bicyclic) bond motifs is 1. The standard InChI is InChI=1S/C24H23F2N7O/c1-11-12(2)28-24-20(27-11)19(16-6-5-15(25)10-17(16)26)29-21(30-24)14-7-8-34-18(9-14)23-31-22(32-33-23)13-3-4-13/h5-6,10,13-14,18H,3-4,7-9H2,1-2H3,(H,31,32,33). The molecule has 2 fully saturated rings. The zero-order valence-electron chi connectivity index (χ0n) is 18.8. The smallest absolute Gasteiger partial charge is 0.182 e. The van der Waals surface area contributed by atoms with Crippen LogP contribution in [0.15, 0.2) is 18.2 Å². The van der Waals surface area contributed by atoms with Crippen molar-refractivity contribution in [2.45, 2.75) is 57.5 Å². The number of aromatic nitrogens is 7. The molecule has 0 amide bonds. The highest BCUT2D eigenvalue weighted by Crippen LogP contribution is 2.40. The Morgan fingerprint density at radius 2 is 1.74 bits per heavy atom. The Bertz CT molecular complexity index is 1400. The summed E-state index contributed by atoms with van der Waals surface area (Å²) in [7, 11) is 0. The van der Waals surface area contributed by atoms with Crippen LogP contribution in [-0.2, 0) is 4.74 Å². The van der Waals surface area contributed by atoms with Gasteiger partial charge in [-0.05, 0) is 51.7 Å². The van der Waals surface area contributed by atoms with E-state index in [1.54, 1.807) is 0 Å². The van der Waals surface area contributed by atoms with E-state index in [9.17, 15) is 8.78 Å². The molecule has 2 aliphatic rings. The first-order valence-electron chi connectivity index (χ1n) is 11.5. The van der Waals surface area contributed by atoms with Crippen LogP contribution in [-0.4, -0.2) is 41.7 Å². The van der Waals surface area contributed by atoms with Gasteiger partial charge in [0.2, 0.25) is 0 Å². The molecule has 0 radical (unpaired) electrons. The molecule has 8 nitrogen and oxygen atoms in total. The lowest BCUT2D eigenvalue weighted by Crippen LogP contribution is -2.21. The van der Waals surface area contributed by atoms with Crippen molar-refractivity contribution in [1.29, 1.82) is 0 Å². The highest BCUT2D eigenvalue weighted by molar-refractivity contribution is 5.87. The number of rotatable bonds is 4. The molecule has 1 saturated carbocycles. The molecule has 1 saturated heterocycles. The van der Waals surface area contributed by atoms with Gasteiger partial charge in [-0.25, -0.2) is 33.7 Å². The van der Waals surface area contributed by atoms with Crippen molar-refractivity contribution in [3.8, 4) is 11.3 Å². The molecule has 34 heavy (non-hydrogen) atoms. The number of nitrogens with one attached hydrogen (secondary N) is 1. The average Bonchev–Trinajstić information content (AvgIpc) is 3.56. The monoisotopic (exact) mass is 463 g/mol. The maximum atomic E-state index is 14.8. The van der Waals surface area contributed by atoms with E-state index < -0.39 is 11.6 Å². The number of halogens is 2. The minimum absolute atomic E-state index is 0.0525. The largest absolute Gasteiger partial charge is 0.370 e. The third-order valence-electron chi connectivity index (χ3n) is 6.56. The number of aromatic amines is 1. The number of nitrogens with zero attached hydrogens (tertiary/aromatic N) is 6. The highest BCUT2D eigenvalue weighted by atomic mass is 19.1. The fourth-order valence-corrected chi connectivity index (χ4v) is 4.36. The first kappa shape index (κ1) is 21.2. The van der Waals surface area contributed by atoms with E-state index in [1.165, 1.54) is 12.1 Å². The van der Waals surface area contributed by atoms with Gasteiger partial charge >= 0.3 is 0 Å². The molecule has 4 aromatic rings. The molecule has 1 aromatic carbocycles. The van der Waals surface area contributed by atoms with Gasteiger partial charge in [-0.3, -0.25) is 5.10 Å². The average molecular weight is 463 g/mol. The Labute approximate surface area is 194 Å². The molecule has 4 heterocycles. The van der Waals surface area contributed by atoms with E-state index >= 15 is 0 Å². The first-order valence-corrected chi connectivity index (χ1v) is 11.5. The second-order valence-electron chi connectivity index (χ2n) is 9.06. The Kier molecular flexibility index (Phi) is 5.05. The van der Waals surface area contributed by atoms with Crippen molar-refractivity contribution in [1.82, 2.24) is 35.1 Å². The predicted octanol–water partition coefficient (Wildman–Crippen LogP) is 4.61. The predicted molar refractivity (Wildman–Crippen MR) is 119 cm³/mol. The fraction of sp³-hybridized carbons (Fsp3) is 0.417. The first-order chi connectivity index (χ1) is 16.5. The maximum Gasteiger partial charge on any atom is 0.182 e. The second kappa shape index (κ2) is 8.12. The third-order valence-corrected chi connectivity index (χ3v) is 6.56. The summed E-state index contributed by atoms with van der Waals surface area (Å²) >= 11 is 0. The van der Waals surface area contributed by atoms with Gasteiger partial charge in [-0.1, -0.05) is 0 Å². The van der Waals surface area contributed by atoms with Crippen molar-refractivity contribution in [2.24, 2.45) is 0 Å². The number of ether oxygens (including phenoxy) is 1. The normalized spacial score (nSPS) is 20.7. The van der Waals surface area contributed by atoms with Gasteiger partial charge in [-0.2, -0.15) is 5.10 Å². The molecular formula is C24H23F2N7O. The summed E-state index contributed by atoms with van der Waals surface area (Å²) in [4.78, 5) is 23.3. The van der Waals surface area contributed by atoms with E-state index in [0.717, 1.165) is 30.4 Å². The molecule has 0 spiro atoms. The minimum atomic E-state index is -0.704. The third kappa shape index (κ3) is 3.81. The van der Waals surface area contributed by atoms with Crippen LogP contribution in [0.4, 0.5) is 8.78 Å². The van der Waals surface area contributed by atoms with Gasteiger partial charge < -0.3 is 4.74 Å². The van der Waals surface area contributed by atoms with Crippen LogP contribution in [0.5, 0.6) is 0 Å². The molecule has 10 heteroatoms. The zero-order chi connectivity index (χ0) is 23.4. The summed E-state index contributed by atoms with van der Waals surface area (Å²) in [5.41, 5.74) is 2.71. The molecular weight excluding hydrogens is 440 g/mol. The minimum Gasteiger partial charge on any atom is -0.370 e. The molecule has 6 rings (SSSR count). The zero-order valence-corrected chi connectivity index (χ0v) is 18.8. The quantitative estimate of drug-likeness (QED) is 0.471. The number of aryl methyl sites for hydroxylation is 2. The highest BCUT2D eigenvalue weighted by Gasteiger charge is 2.33. The van der Waals surface area contributed by atoms with Crippen LogP contribution in [0.1, 0.15) is 72.5 Å². The summed E-state index contributed by atoms with van der Waals surface area (Å²) < 4.78 is 34.4. The number of hydrogen-bond acceptors (Lipinski definition) is 7. The topological polar surface area (TPSA) is 102 Å². The molecule has 2 atom stereocenters. The van der Waals surface area contributed by atoms with E-state index in [4.69, 9.17) is 14.7 Å². The van der Waals surface area contributed by atoms with Crippen molar-refractivity contribution >= 4 is 11.2 Å². The van der Waals surface area contributed by atoms with Gasteiger partial charge in [0.25, 0.3) is 0 Å². The summed E-state index contributed by atoms with van der Waals surface area (Å²) in [6.45, 7) is 4.19. The molecule has 2 unspecified atom stereocenters. The molecule has 1 aliphatic carbocycles. The van der Waals surface area contributed by atoms with Crippen LogP contribution in [0.3, 0.4) is 0 Å². The summed E-state index contributed by atoms with van der Waals surface area (Å²) in [5.74, 6) is 1.14. The van der Waals surface area contributed by atoms with E-state index in [1.807, 2.05) is 13.8 Å². The second-order valence-corrected chi connectivity index (χ2v) is 9.06. The molecule has 1 aliphatic heterocycles. The van der Waals surface area contributed by atoms with Gasteiger partial charge in [-0.15, -0.1) is 0 Å². The van der Waals surface area contributed by atoms with Crippen molar-refractivity contribution in [3.63, 3.8) is 0 Å². The summed E-state index contributed by atoms with van der Waals surface area (Å²) in [5, 5.41) is 7.37. The fourth-order valence-electron chi connectivity index (χ4n) is 4.36. The van der Waals surface area contributed by atoms with E-state index in [-0.39, 0.29) is 17.6 Å². The Balaban J connectivity index is 1.41. The number of H-pyrrole nitrogens is 1. The lowest BCUT2D eigenvalue weighted by Gasteiger charge is -2.27. The van der Waals surface area contributed by atoms with E-state index in [0.29, 0.717) is 59.6 Å². The SMILES string of the molecule is Cc1nc2nc(C3CCOC(c4nc(C5CC5)n[nH]4)C3)nc(-c3ccc(F)cc3F)c2nc1C. The van der Waals surface area contributed by atoms with Crippen molar-refractivity contribution < 1.29 is 13.5 Å². The summed E-state index contributed by atoms with van der Waals surface area (Å²) in [6.07, 6.45) is 3.30. The lowest BCUT2D eigenvalue weighted by molar-refractivity contribution is -0.00108. The molecule has 3 aromatic heterocycles. The van der Waals surface area contributed by atoms with E-state index in [2.05, 4.69) is 25.1 Å². The lowest BCUT2D eigenvalue weighted by atomic mass is 9.94. The molecule has 174 valence electrons. The Morgan fingerprint density at radius 3 is 2.53 bits per heavy atom. The van der Waals surface area contributed by atoms with Crippen LogP contribution in [0.2, 0.25) is 0 Å².